The molecule has 1 rings (SSSR count). The van der Waals surface area contributed by atoms with Crippen molar-refractivity contribution in [3.8, 4) is 0 Å². The van der Waals surface area contributed by atoms with Crippen molar-refractivity contribution < 1.29 is 14.0 Å². The second kappa shape index (κ2) is 5.98. The average Bonchev–Trinajstić information content (AvgIpc) is 2.29. The monoisotopic (exact) mass is 266 g/mol. The molecule has 0 unspecified atom stereocenters. The lowest BCUT2D eigenvalue weighted by Gasteiger charge is -2.01. The van der Waals surface area contributed by atoms with Crippen LogP contribution in [0, 0.1) is 5.82 Å². The minimum absolute atomic E-state index is 0.122. The lowest BCUT2D eigenvalue weighted by Crippen LogP contribution is -2.06. The van der Waals surface area contributed by atoms with Gasteiger partial charge in [0.05, 0.1) is 21.4 Å². The first kappa shape index (κ1) is 13.2. The first-order chi connectivity index (χ1) is 8.10. The molecule has 0 saturated heterocycles. The number of amides is 2. The van der Waals surface area contributed by atoms with Crippen molar-refractivity contribution in [2.45, 2.75) is 0 Å². The summed E-state index contributed by atoms with van der Waals surface area (Å²) < 4.78 is 13.0. The highest BCUT2D eigenvalue weighted by Crippen LogP contribution is 2.14. The van der Waals surface area contributed by atoms with Gasteiger partial charge in [0.1, 0.15) is 5.82 Å². The van der Waals surface area contributed by atoms with Crippen molar-refractivity contribution in [3.63, 3.8) is 0 Å². The molecule has 0 spiro atoms. The highest BCUT2D eigenvalue weighted by atomic mass is 32.1. The summed E-state index contributed by atoms with van der Waals surface area (Å²) in [5.41, 5.74) is -0.371. The second-order valence-corrected chi connectivity index (χ2v) is 3.07. The maximum absolute atomic E-state index is 13.0. The van der Waals surface area contributed by atoms with Crippen LogP contribution < -0.4 is 0 Å². The summed E-state index contributed by atoms with van der Waals surface area (Å²) in [4.78, 5) is 29.2. The summed E-state index contributed by atoms with van der Waals surface area (Å²) in [6.07, 6.45) is 0. The molecule has 0 atom stereocenters. The zero-order valence-corrected chi connectivity index (χ0v) is 9.77. The summed E-state index contributed by atoms with van der Waals surface area (Å²) >= 11 is 8.52. The van der Waals surface area contributed by atoms with Crippen LogP contribution in [0.1, 0.15) is 20.7 Å². The lowest BCUT2D eigenvalue weighted by atomic mass is 10.1. The molecular formula is C10H3FN2O2S2. The largest absolute Gasteiger partial charge is 0.286 e. The number of carbonyl (C=O) groups excluding carboxylic acids is 2. The van der Waals surface area contributed by atoms with E-state index in [4.69, 9.17) is 0 Å². The van der Waals surface area contributed by atoms with Gasteiger partial charge in [-0.1, -0.05) is 0 Å². The fraction of sp³-hybridized carbons (Fsp3) is 0. The molecule has 4 nitrogen and oxygen atoms in total. The zero-order chi connectivity index (χ0) is 12.8. The van der Waals surface area contributed by atoms with Gasteiger partial charge in [-0.3, -0.25) is 9.59 Å². The predicted octanol–water partition coefficient (Wildman–Crippen LogP) is 2.31. The third-order valence-electron chi connectivity index (χ3n) is 1.74. The SMILES string of the molecule is O=C(N=C=S)c1ccc(F)cc1C(=O)N=C=S. The van der Waals surface area contributed by atoms with Gasteiger partial charge < -0.3 is 0 Å². The number of halogens is 1. The van der Waals surface area contributed by atoms with E-state index in [1.165, 1.54) is 0 Å². The second-order valence-electron chi connectivity index (χ2n) is 2.71. The molecule has 1 aromatic rings. The van der Waals surface area contributed by atoms with E-state index in [-0.39, 0.29) is 11.1 Å². The van der Waals surface area contributed by atoms with Crippen molar-refractivity contribution >= 4 is 46.6 Å². The van der Waals surface area contributed by atoms with Gasteiger partial charge in [0.2, 0.25) is 0 Å². The molecule has 84 valence electrons. The van der Waals surface area contributed by atoms with Crippen molar-refractivity contribution in [1.82, 2.24) is 0 Å². The highest BCUT2D eigenvalue weighted by molar-refractivity contribution is 7.78. The van der Waals surface area contributed by atoms with Crippen molar-refractivity contribution in [3.05, 3.63) is 35.1 Å². The number of thiocarbonyl (C=S) groups is 2. The highest BCUT2D eigenvalue weighted by Gasteiger charge is 2.16. The number of aliphatic imine (C=N–C) groups is 2. The lowest BCUT2D eigenvalue weighted by molar-refractivity contribution is 0.0971. The third-order valence-corrected chi connectivity index (χ3v) is 1.92. The number of nitrogens with zero attached hydrogens (tertiary/aromatic N) is 2. The molecule has 0 aliphatic heterocycles. The molecule has 0 aliphatic rings. The predicted molar refractivity (Wildman–Crippen MR) is 65.1 cm³/mol. The molecule has 0 aliphatic carbocycles. The zero-order valence-electron chi connectivity index (χ0n) is 8.14. The molecule has 0 bridgehead atoms. The molecule has 7 heteroatoms. The summed E-state index contributed by atoms with van der Waals surface area (Å²) in [6, 6.07) is 2.99. The van der Waals surface area contributed by atoms with Crippen LogP contribution in [0.5, 0.6) is 0 Å². The van der Waals surface area contributed by atoms with Gasteiger partial charge in [0, 0.05) is 0 Å². The normalized spacial score (nSPS) is 8.76. The number of carbonyl (C=O) groups is 2. The Balaban J connectivity index is 3.40. The van der Waals surface area contributed by atoms with Crippen LogP contribution in [-0.4, -0.2) is 22.1 Å². The van der Waals surface area contributed by atoms with Gasteiger partial charge in [0.15, 0.2) is 0 Å². The van der Waals surface area contributed by atoms with Gasteiger partial charge in [-0.25, -0.2) is 4.39 Å². The van der Waals surface area contributed by atoms with Crippen LogP contribution in [-0.2, 0) is 0 Å². The first-order valence-electron chi connectivity index (χ1n) is 4.14. The van der Waals surface area contributed by atoms with Crippen LogP contribution in [0.25, 0.3) is 0 Å². The summed E-state index contributed by atoms with van der Waals surface area (Å²) in [5, 5.41) is 3.71. The summed E-state index contributed by atoms with van der Waals surface area (Å²) in [7, 11) is 0. The smallest absolute Gasteiger partial charge is 0.266 e. The number of benzene rings is 1. The molecule has 1 aromatic carbocycles. The fourth-order valence-corrected chi connectivity index (χ4v) is 1.25. The van der Waals surface area contributed by atoms with Crippen LogP contribution in [0.15, 0.2) is 28.2 Å². The number of isothiocyanates is 2. The first-order valence-corrected chi connectivity index (χ1v) is 4.95. The Kier molecular flexibility index (Phi) is 4.63. The quantitative estimate of drug-likeness (QED) is 0.609. The summed E-state index contributed by atoms with van der Waals surface area (Å²) in [6.45, 7) is 0. The van der Waals surface area contributed by atoms with Crippen molar-refractivity contribution in [1.29, 1.82) is 0 Å². The Morgan fingerprint density at radius 2 is 1.59 bits per heavy atom. The average molecular weight is 266 g/mol. The van der Waals surface area contributed by atoms with E-state index in [9.17, 15) is 14.0 Å². The van der Waals surface area contributed by atoms with Crippen LogP contribution in [0.3, 0.4) is 0 Å². The molecule has 2 amide bonds. The fourth-order valence-electron chi connectivity index (χ4n) is 1.08. The Hall–Kier alpha value is -1.91. The third kappa shape index (κ3) is 3.27. The van der Waals surface area contributed by atoms with E-state index >= 15 is 0 Å². The number of rotatable bonds is 2. The Morgan fingerprint density at radius 3 is 2.12 bits per heavy atom. The molecule has 0 aromatic heterocycles. The van der Waals surface area contributed by atoms with Gasteiger partial charge in [-0.2, -0.15) is 9.98 Å². The molecule has 0 N–H and O–H groups in total. The van der Waals surface area contributed by atoms with E-state index in [0.29, 0.717) is 0 Å². The molecular weight excluding hydrogens is 263 g/mol. The van der Waals surface area contributed by atoms with Gasteiger partial charge >= 0.3 is 0 Å². The topological polar surface area (TPSA) is 58.9 Å². The van der Waals surface area contributed by atoms with E-state index < -0.39 is 17.6 Å². The van der Waals surface area contributed by atoms with Crippen LogP contribution in [0.4, 0.5) is 4.39 Å². The minimum Gasteiger partial charge on any atom is -0.266 e. The summed E-state index contributed by atoms with van der Waals surface area (Å²) in [5.74, 6) is -2.36. The van der Waals surface area contributed by atoms with E-state index in [2.05, 4.69) is 34.4 Å². The van der Waals surface area contributed by atoms with Gasteiger partial charge in [0.25, 0.3) is 11.8 Å². The van der Waals surface area contributed by atoms with Gasteiger partial charge in [-0.15, -0.1) is 0 Å². The Labute approximate surface area is 106 Å². The minimum atomic E-state index is -0.873. The maximum atomic E-state index is 13.0. The molecule has 0 radical (unpaired) electrons. The standard InChI is InChI=1S/C10H3FN2O2S2/c11-6-1-2-7(9(14)12-4-16)8(3-6)10(15)13-5-17/h1-3H. The van der Waals surface area contributed by atoms with E-state index in [1.54, 1.807) is 0 Å². The molecule has 0 saturated carbocycles. The molecule has 17 heavy (non-hydrogen) atoms. The number of hydrogen-bond acceptors (Lipinski definition) is 4. The Bertz CT molecular complexity index is 588. The van der Waals surface area contributed by atoms with Gasteiger partial charge in [-0.05, 0) is 42.6 Å². The maximum Gasteiger partial charge on any atom is 0.286 e. The number of hydrogen-bond donors (Lipinski definition) is 0. The van der Waals surface area contributed by atoms with Crippen molar-refractivity contribution in [2.75, 3.05) is 0 Å². The van der Waals surface area contributed by atoms with E-state index in [0.717, 1.165) is 18.2 Å². The van der Waals surface area contributed by atoms with Crippen molar-refractivity contribution in [2.24, 2.45) is 9.98 Å². The van der Waals surface area contributed by atoms with Crippen LogP contribution in [0.2, 0.25) is 0 Å². The Morgan fingerprint density at radius 1 is 1.06 bits per heavy atom. The molecule has 0 heterocycles. The van der Waals surface area contributed by atoms with Crippen LogP contribution >= 0.6 is 24.4 Å². The van der Waals surface area contributed by atoms with E-state index in [1.807, 2.05) is 10.3 Å². The molecule has 0 fully saturated rings.